The predicted molar refractivity (Wildman–Crippen MR) is 175 cm³/mol. The third-order valence-corrected chi connectivity index (χ3v) is 10.9. The molecule has 13 nitrogen and oxygen atoms in total. The lowest BCUT2D eigenvalue weighted by atomic mass is 9.67. The van der Waals surface area contributed by atoms with E-state index in [2.05, 4.69) is 0 Å². The van der Waals surface area contributed by atoms with Gasteiger partial charge in [-0.2, -0.15) is 8.42 Å². The van der Waals surface area contributed by atoms with Crippen LogP contribution in [0.1, 0.15) is 36.8 Å². The zero-order chi connectivity index (χ0) is 34.4. The Labute approximate surface area is 270 Å². The average Bonchev–Trinajstić information content (AvgIpc) is 3.00. The van der Waals surface area contributed by atoms with Crippen LogP contribution in [0.15, 0.2) is 20.6 Å². The van der Waals surface area contributed by atoms with Crippen LogP contribution in [0.3, 0.4) is 0 Å². The quantitative estimate of drug-likeness (QED) is 0.0833. The molecule has 2 unspecified atom stereocenters. The highest BCUT2D eigenvalue weighted by molar-refractivity contribution is 8.00. The van der Waals surface area contributed by atoms with Gasteiger partial charge in [0, 0.05) is 44.5 Å². The first-order chi connectivity index (χ1) is 22.2. The third kappa shape index (κ3) is 4.29. The standard InChI is InChI=1S/C32H28O13S2/c1-10(33)14-15(11(2)34)23-20-19-18-16(26(36)29(43-4)22(14)19)12(35)9-13(42-3)17(18)24-21(20)25(27(37)30(23)44-5)28(38)32(31(24)45-6)46-7-8-47(39,40)41/h9,14-15,36-37H,7-8H2,1-6H3,(H,39,40,41). The van der Waals surface area contributed by atoms with Crippen molar-refractivity contribution in [2.45, 2.75) is 30.6 Å². The predicted octanol–water partition coefficient (Wildman–Crippen LogP) is 3.68. The Morgan fingerprint density at radius 3 is 1.66 bits per heavy atom. The van der Waals surface area contributed by atoms with Gasteiger partial charge in [-0.05, 0) is 24.6 Å². The lowest BCUT2D eigenvalue weighted by Gasteiger charge is -2.35. The van der Waals surface area contributed by atoms with Gasteiger partial charge >= 0.3 is 0 Å². The van der Waals surface area contributed by atoms with Crippen LogP contribution in [0.4, 0.5) is 0 Å². The van der Waals surface area contributed by atoms with E-state index in [1.165, 1.54) is 42.3 Å². The maximum Gasteiger partial charge on any atom is 0.265 e. The van der Waals surface area contributed by atoms with Crippen molar-refractivity contribution in [3.63, 3.8) is 0 Å². The maximum absolute atomic E-state index is 14.3. The fourth-order valence-electron chi connectivity index (χ4n) is 7.21. The molecule has 0 saturated carbocycles. The van der Waals surface area contributed by atoms with Crippen molar-refractivity contribution < 1.29 is 51.7 Å². The minimum Gasteiger partial charge on any atom is -0.504 e. The van der Waals surface area contributed by atoms with E-state index >= 15 is 0 Å². The fourth-order valence-corrected chi connectivity index (χ4v) is 9.14. The molecule has 5 aromatic rings. The van der Waals surface area contributed by atoms with E-state index in [1.54, 1.807) is 0 Å². The first-order valence-electron chi connectivity index (χ1n) is 14.1. The van der Waals surface area contributed by atoms with Gasteiger partial charge in [-0.3, -0.25) is 23.7 Å². The van der Waals surface area contributed by atoms with Crippen molar-refractivity contribution >= 4 is 76.5 Å². The molecule has 47 heavy (non-hydrogen) atoms. The summed E-state index contributed by atoms with van der Waals surface area (Å²) in [6.45, 7) is 2.52. The molecular weight excluding hydrogens is 656 g/mol. The van der Waals surface area contributed by atoms with Gasteiger partial charge in [-0.15, -0.1) is 11.8 Å². The summed E-state index contributed by atoms with van der Waals surface area (Å²) in [5.74, 6) is -6.33. The van der Waals surface area contributed by atoms with E-state index in [-0.39, 0.29) is 87.9 Å². The van der Waals surface area contributed by atoms with E-state index in [1.807, 2.05) is 0 Å². The second-order valence-corrected chi connectivity index (χ2v) is 13.8. The van der Waals surface area contributed by atoms with Gasteiger partial charge in [0.2, 0.25) is 5.43 Å². The molecule has 15 heteroatoms. The van der Waals surface area contributed by atoms with Crippen LogP contribution >= 0.6 is 11.8 Å². The first-order valence-corrected chi connectivity index (χ1v) is 16.7. The van der Waals surface area contributed by atoms with Gasteiger partial charge in [0.1, 0.15) is 23.1 Å². The van der Waals surface area contributed by atoms with E-state index in [0.29, 0.717) is 0 Å². The number of hydrogen-bond donors (Lipinski definition) is 3. The first kappa shape index (κ1) is 32.3. The lowest BCUT2D eigenvalue weighted by molar-refractivity contribution is -0.125. The number of rotatable bonds is 10. The van der Waals surface area contributed by atoms with E-state index in [0.717, 1.165) is 17.8 Å². The van der Waals surface area contributed by atoms with Crippen LogP contribution in [0.25, 0.3) is 43.1 Å². The van der Waals surface area contributed by atoms with Gasteiger partial charge in [0.15, 0.2) is 28.4 Å². The van der Waals surface area contributed by atoms with Gasteiger partial charge in [-0.1, -0.05) is 0 Å². The summed E-state index contributed by atoms with van der Waals surface area (Å²) >= 11 is 0.750. The smallest absolute Gasteiger partial charge is 0.265 e. The van der Waals surface area contributed by atoms with E-state index in [4.69, 9.17) is 18.9 Å². The average molecular weight is 685 g/mol. The van der Waals surface area contributed by atoms with Gasteiger partial charge < -0.3 is 29.2 Å². The molecule has 2 atom stereocenters. The Bertz CT molecular complexity index is 2440. The summed E-state index contributed by atoms with van der Waals surface area (Å²) in [5, 5.41) is 23.9. The van der Waals surface area contributed by atoms with Crippen molar-refractivity contribution in [3.8, 4) is 34.5 Å². The third-order valence-electron chi connectivity index (χ3n) is 8.80. The van der Waals surface area contributed by atoms with Crippen molar-refractivity contribution in [1.82, 2.24) is 0 Å². The summed E-state index contributed by atoms with van der Waals surface area (Å²) < 4.78 is 55.2. The van der Waals surface area contributed by atoms with Crippen LogP contribution in [0.5, 0.6) is 34.5 Å². The van der Waals surface area contributed by atoms with Crippen molar-refractivity contribution in [3.05, 3.63) is 37.6 Å². The molecule has 0 spiro atoms. The van der Waals surface area contributed by atoms with Crippen LogP contribution in [0.2, 0.25) is 0 Å². The van der Waals surface area contributed by atoms with E-state index in [9.17, 15) is 42.4 Å². The van der Waals surface area contributed by atoms with Crippen LogP contribution in [0, 0.1) is 0 Å². The number of ketones is 2. The molecule has 0 heterocycles. The number of thioether (sulfide) groups is 1. The monoisotopic (exact) mass is 684 g/mol. The van der Waals surface area contributed by atoms with Crippen LogP contribution in [-0.2, 0) is 19.7 Å². The number of carbonyl (C=O) groups is 2. The molecule has 0 fully saturated rings. The second kappa shape index (κ2) is 11.0. The van der Waals surface area contributed by atoms with Crippen molar-refractivity contribution in [1.29, 1.82) is 0 Å². The number of aromatic hydroxyl groups is 2. The topological polar surface area (TPSA) is 200 Å². The Morgan fingerprint density at radius 2 is 1.21 bits per heavy atom. The molecule has 3 N–H and O–H groups in total. The zero-order valence-electron chi connectivity index (χ0n) is 25.9. The highest BCUT2D eigenvalue weighted by atomic mass is 32.2. The van der Waals surface area contributed by atoms with Gasteiger partial charge in [-0.25, -0.2) is 0 Å². The molecular formula is C32H28O13S2. The highest BCUT2D eigenvalue weighted by Crippen LogP contribution is 2.62. The lowest BCUT2D eigenvalue weighted by Crippen LogP contribution is -2.28. The number of Topliss-reactive ketones (excluding diaryl/α,β-unsaturated/α-hetero) is 2. The molecule has 1 aliphatic rings. The molecule has 5 aromatic carbocycles. The molecule has 0 aliphatic heterocycles. The second-order valence-electron chi connectivity index (χ2n) is 11.2. The highest BCUT2D eigenvalue weighted by Gasteiger charge is 2.46. The fraction of sp³-hybridized carbons (Fsp3) is 0.312. The van der Waals surface area contributed by atoms with Crippen molar-refractivity contribution in [2.75, 3.05) is 39.9 Å². The number of hydrogen-bond acceptors (Lipinski definition) is 13. The molecule has 246 valence electrons. The molecule has 0 bridgehead atoms. The Hall–Kier alpha value is -4.60. The zero-order valence-corrected chi connectivity index (χ0v) is 27.5. The number of carbonyl (C=O) groups excluding carboxylic acids is 2. The minimum absolute atomic E-state index is 0.00280. The molecule has 0 aromatic heterocycles. The van der Waals surface area contributed by atoms with E-state index < -0.39 is 61.6 Å². The number of methoxy groups -OCH3 is 4. The molecule has 0 radical (unpaired) electrons. The Morgan fingerprint density at radius 1 is 0.723 bits per heavy atom. The summed E-state index contributed by atoms with van der Waals surface area (Å²) in [4.78, 5) is 54.9. The summed E-state index contributed by atoms with van der Waals surface area (Å²) in [7, 11) is 0.618. The summed E-state index contributed by atoms with van der Waals surface area (Å²) in [6.07, 6.45) is 0. The number of ether oxygens (including phenoxy) is 4. The molecule has 0 saturated heterocycles. The summed E-state index contributed by atoms with van der Waals surface area (Å²) in [5.41, 5.74) is -1.26. The Balaban J connectivity index is 2.08. The molecule has 6 rings (SSSR count). The van der Waals surface area contributed by atoms with Crippen molar-refractivity contribution in [2.24, 2.45) is 0 Å². The number of benzene rings is 5. The Kier molecular flexibility index (Phi) is 7.57. The maximum atomic E-state index is 14.3. The minimum atomic E-state index is -4.41. The molecule has 1 aliphatic carbocycles. The summed E-state index contributed by atoms with van der Waals surface area (Å²) in [6, 6.07) is 1.13. The largest absolute Gasteiger partial charge is 0.504 e. The molecule has 0 amide bonds. The van der Waals surface area contributed by atoms with Crippen LogP contribution in [-0.4, -0.2) is 74.7 Å². The van der Waals surface area contributed by atoms with Gasteiger partial charge in [0.25, 0.3) is 10.1 Å². The normalized spacial score (nSPS) is 16.1. The SMILES string of the molecule is COc1c(O)c2c(=O)cc(OC)c3c4c(OC)c(SCCS(=O)(=O)O)c(=O)c5c(O)c(OC)c6c(c(c1C(C(C)=O)C6C(C)=O)c23)c54. The van der Waals surface area contributed by atoms with Gasteiger partial charge in [0.05, 0.1) is 61.7 Å². The number of fused-ring (bicyclic) bond motifs is 1. The number of phenolic OH excluding ortho intramolecular Hbond substituents is 2. The van der Waals surface area contributed by atoms with Crippen LogP contribution < -0.4 is 29.8 Å². The number of phenols is 2.